The van der Waals surface area contributed by atoms with Gasteiger partial charge in [0.15, 0.2) is 5.72 Å². The molecule has 7 heteroatoms. The highest BCUT2D eigenvalue weighted by molar-refractivity contribution is 6.31. The van der Waals surface area contributed by atoms with E-state index in [0.717, 1.165) is 5.39 Å². The van der Waals surface area contributed by atoms with Crippen molar-refractivity contribution in [3.63, 3.8) is 0 Å². The number of aliphatic hydroxyl groups excluding tert-OH is 3. The van der Waals surface area contributed by atoms with Gasteiger partial charge in [-0.2, -0.15) is 0 Å². The average Bonchev–Trinajstić information content (AvgIpc) is 2.88. The van der Waals surface area contributed by atoms with Crippen LogP contribution in [0.1, 0.15) is 0 Å². The average molecular weight is 314 g/mol. The number of benzene rings is 1. The Bertz CT molecular complexity index is 660. The first-order valence-corrected chi connectivity index (χ1v) is 6.94. The predicted octanol–water partition coefficient (Wildman–Crippen LogP) is 0.0527. The number of aliphatic hydroxyl groups is 4. The van der Waals surface area contributed by atoms with Crippen LogP contribution in [0.2, 0.25) is 5.02 Å². The summed E-state index contributed by atoms with van der Waals surface area (Å²) in [5, 5.41) is 41.8. The first-order valence-electron chi connectivity index (χ1n) is 6.56. The molecule has 2 heterocycles. The first-order chi connectivity index (χ1) is 9.98. The quantitative estimate of drug-likeness (QED) is 0.628. The Morgan fingerprint density at radius 1 is 1.33 bits per heavy atom. The highest BCUT2D eigenvalue weighted by atomic mass is 35.5. The van der Waals surface area contributed by atoms with Gasteiger partial charge in [0.2, 0.25) is 0 Å². The minimum absolute atomic E-state index is 0.195. The summed E-state index contributed by atoms with van der Waals surface area (Å²) in [5.74, 6) is 0. The second-order valence-corrected chi connectivity index (χ2v) is 5.62. The van der Waals surface area contributed by atoms with E-state index in [0.29, 0.717) is 10.5 Å². The molecule has 21 heavy (non-hydrogen) atoms. The largest absolute Gasteiger partial charge is 0.394 e. The molecule has 1 aromatic carbocycles. The fourth-order valence-electron chi connectivity index (χ4n) is 2.77. The van der Waals surface area contributed by atoms with Crippen molar-refractivity contribution in [1.82, 2.24) is 4.57 Å². The van der Waals surface area contributed by atoms with Crippen LogP contribution in [0.4, 0.5) is 0 Å². The van der Waals surface area contributed by atoms with Gasteiger partial charge in [-0.25, -0.2) is 0 Å². The number of halogens is 1. The minimum atomic E-state index is -2.00. The molecule has 0 spiro atoms. The topological polar surface area (TPSA) is 95.1 Å². The number of hydrogen-bond donors (Lipinski definition) is 4. The number of aromatic nitrogens is 1. The van der Waals surface area contributed by atoms with Gasteiger partial charge in [-0.1, -0.05) is 17.7 Å². The Labute approximate surface area is 125 Å². The van der Waals surface area contributed by atoms with Gasteiger partial charge in [0, 0.05) is 11.2 Å². The van der Waals surface area contributed by atoms with E-state index in [1.807, 2.05) is 0 Å². The van der Waals surface area contributed by atoms with Crippen LogP contribution in [0.3, 0.4) is 0 Å². The van der Waals surface area contributed by atoms with E-state index >= 15 is 0 Å². The van der Waals surface area contributed by atoms with Crippen molar-refractivity contribution < 1.29 is 25.2 Å². The number of hydrogen-bond acceptors (Lipinski definition) is 5. The standard InChI is InChI=1S/C14H16ClNO5/c15-9-2-1-8-3-4-16(10(8)5-9)14(20)12(18)7-21-11(6-17)13(14)19/h1-5,11-13,17-20H,6-7H2/t11-,12+,13-,14+/m1/s1. The smallest absolute Gasteiger partial charge is 0.199 e. The van der Waals surface area contributed by atoms with Crippen molar-refractivity contribution in [3.8, 4) is 0 Å². The molecule has 0 saturated carbocycles. The van der Waals surface area contributed by atoms with Crippen LogP contribution in [-0.4, -0.2) is 56.5 Å². The van der Waals surface area contributed by atoms with E-state index < -0.39 is 30.6 Å². The Hall–Kier alpha value is -1.15. The van der Waals surface area contributed by atoms with Crippen LogP contribution in [0.15, 0.2) is 30.5 Å². The van der Waals surface area contributed by atoms with Crippen LogP contribution in [0.25, 0.3) is 10.9 Å². The van der Waals surface area contributed by atoms with Crippen LogP contribution >= 0.6 is 11.6 Å². The minimum Gasteiger partial charge on any atom is -0.394 e. The maximum atomic E-state index is 10.9. The Morgan fingerprint density at radius 2 is 2.10 bits per heavy atom. The maximum absolute atomic E-state index is 10.9. The van der Waals surface area contributed by atoms with Gasteiger partial charge in [0.05, 0.1) is 18.7 Å². The van der Waals surface area contributed by atoms with Gasteiger partial charge >= 0.3 is 0 Å². The molecular weight excluding hydrogens is 298 g/mol. The summed E-state index contributed by atoms with van der Waals surface area (Å²) < 4.78 is 6.50. The third-order valence-electron chi connectivity index (χ3n) is 3.97. The molecule has 4 atom stereocenters. The van der Waals surface area contributed by atoms with Gasteiger partial charge in [-0.15, -0.1) is 0 Å². The van der Waals surface area contributed by atoms with E-state index in [4.69, 9.17) is 16.3 Å². The molecule has 3 rings (SSSR count). The van der Waals surface area contributed by atoms with Crippen LogP contribution in [-0.2, 0) is 10.5 Å². The third kappa shape index (κ3) is 2.15. The zero-order valence-electron chi connectivity index (χ0n) is 11.1. The SMILES string of the molecule is OC[C@H]1OC[C@H](O)[C@@](O)(n2ccc3ccc(Cl)cc32)[C@@H]1O. The molecule has 114 valence electrons. The number of nitrogens with zero attached hydrogens (tertiary/aromatic N) is 1. The van der Waals surface area contributed by atoms with Crippen LogP contribution < -0.4 is 0 Å². The summed E-state index contributed by atoms with van der Waals surface area (Å²) in [4.78, 5) is 0. The highest BCUT2D eigenvalue weighted by Crippen LogP contribution is 2.34. The van der Waals surface area contributed by atoms with Gasteiger partial charge in [0.1, 0.15) is 18.3 Å². The number of ether oxygens (including phenoxy) is 1. The molecule has 0 unspecified atom stereocenters. The van der Waals surface area contributed by atoms with E-state index in [2.05, 4.69) is 0 Å². The van der Waals surface area contributed by atoms with Crippen molar-refractivity contribution in [1.29, 1.82) is 0 Å². The molecule has 4 N–H and O–H groups in total. The summed E-state index contributed by atoms with van der Waals surface area (Å²) in [7, 11) is 0. The number of fused-ring (bicyclic) bond motifs is 1. The molecule has 1 aromatic heterocycles. The summed E-state index contributed by atoms with van der Waals surface area (Å²) in [6.07, 6.45) is -2.24. The molecule has 0 radical (unpaired) electrons. The fraction of sp³-hybridized carbons (Fsp3) is 0.429. The van der Waals surface area contributed by atoms with Crippen molar-refractivity contribution >= 4 is 22.5 Å². The second kappa shape index (κ2) is 5.24. The summed E-state index contributed by atoms with van der Waals surface area (Å²) in [5.41, 5.74) is -1.43. The molecule has 0 bridgehead atoms. The molecule has 0 aliphatic carbocycles. The maximum Gasteiger partial charge on any atom is 0.199 e. The molecular formula is C14H16ClNO5. The monoisotopic (exact) mass is 313 g/mol. The predicted molar refractivity (Wildman–Crippen MR) is 76.0 cm³/mol. The van der Waals surface area contributed by atoms with E-state index in [1.54, 1.807) is 30.5 Å². The Balaban J connectivity index is 2.16. The van der Waals surface area contributed by atoms with Crippen molar-refractivity contribution in [3.05, 3.63) is 35.5 Å². The van der Waals surface area contributed by atoms with Gasteiger partial charge in [0.25, 0.3) is 0 Å². The fourth-order valence-corrected chi connectivity index (χ4v) is 2.94. The van der Waals surface area contributed by atoms with Crippen molar-refractivity contribution in [2.75, 3.05) is 13.2 Å². The van der Waals surface area contributed by atoms with Crippen LogP contribution in [0.5, 0.6) is 0 Å². The lowest BCUT2D eigenvalue weighted by atomic mass is 9.92. The molecule has 1 saturated heterocycles. The zero-order chi connectivity index (χ0) is 15.2. The summed E-state index contributed by atoms with van der Waals surface area (Å²) in [6, 6.07) is 6.87. The van der Waals surface area contributed by atoms with E-state index in [9.17, 15) is 20.4 Å². The zero-order valence-corrected chi connectivity index (χ0v) is 11.8. The molecule has 1 fully saturated rings. The molecule has 0 amide bonds. The van der Waals surface area contributed by atoms with Crippen molar-refractivity contribution in [2.24, 2.45) is 0 Å². The third-order valence-corrected chi connectivity index (χ3v) is 4.20. The lowest BCUT2D eigenvalue weighted by molar-refractivity contribution is -0.282. The van der Waals surface area contributed by atoms with Gasteiger partial charge in [-0.3, -0.25) is 0 Å². The van der Waals surface area contributed by atoms with Gasteiger partial charge in [-0.05, 0) is 23.6 Å². The summed E-state index contributed by atoms with van der Waals surface area (Å²) >= 11 is 5.98. The normalized spacial score (nSPS) is 33.5. The first kappa shape index (κ1) is 14.8. The Kier molecular flexibility index (Phi) is 3.69. The highest BCUT2D eigenvalue weighted by Gasteiger charge is 2.52. The van der Waals surface area contributed by atoms with Crippen LogP contribution in [0, 0.1) is 0 Å². The molecule has 6 nitrogen and oxygen atoms in total. The second-order valence-electron chi connectivity index (χ2n) is 5.19. The lowest BCUT2D eigenvalue weighted by Gasteiger charge is -2.45. The molecule has 1 aliphatic heterocycles. The molecule has 1 aliphatic rings. The van der Waals surface area contributed by atoms with Gasteiger partial charge < -0.3 is 29.7 Å². The Morgan fingerprint density at radius 3 is 2.81 bits per heavy atom. The van der Waals surface area contributed by atoms with E-state index in [-0.39, 0.29) is 6.61 Å². The number of rotatable bonds is 2. The molecule has 2 aromatic rings. The lowest BCUT2D eigenvalue weighted by Crippen LogP contribution is -2.64. The van der Waals surface area contributed by atoms with E-state index in [1.165, 1.54) is 4.57 Å². The van der Waals surface area contributed by atoms with Crippen molar-refractivity contribution in [2.45, 2.75) is 24.0 Å². The summed E-state index contributed by atoms with van der Waals surface area (Å²) in [6.45, 7) is -0.658.